The van der Waals surface area contributed by atoms with Crippen molar-refractivity contribution in [1.82, 2.24) is 0 Å². The summed E-state index contributed by atoms with van der Waals surface area (Å²) in [6.45, 7) is 0. The van der Waals surface area contributed by atoms with Crippen molar-refractivity contribution in [2.24, 2.45) is 10.9 Å². The van der Waals surface area contributed by atoms with Gasteiger partial charge in [-0.2, -0.15) is 5.10 Å². The first-order valence-electron chi connectivity index (χ1n) is 3.91. The van der Waals surface area contributed by atoms with Crippen LogP contribution in [-0.2, 0) is 0 Å². The molecule has 0 heterocycles. The second kappa shape index (κ2) is 4.36. The molecule has 76 valence electrons. The van der Waals surface area contributed by atoms with Gasteiger partial charge in [0.05, 0.1) is 20.4 Å². The molecule has 0 fully saturated rings. The van der Waals surface area contributed by atoms with E-state index in [0.717, 1.165) is 0 Å². The Morgan fingerprint density at radius 2 is 1.79 bits per heavy atom. The molecule has 0 amide bonds. The number of hydrazone groups is 1. The number of nitrogens with two attached hydrogens (primary N) is 1. The van der Waals surface area contributed by atoms with Gasteiger partial charge >= 0.3 is 0 Å². The van der Waals surface area contributed by atoms with E-state index in [1.165, 1.54) is 20.4 Å². The third-order valence-electron chi connectivity index (χ3n) is 1.73. The number of nitrogens with zero attached hydrogens (tertiary/aromatic N) is 1. The highest BCUT2D eigenvalue weighted by Crippen LogP contribution is 2.36. The zero-order valence-electron chi connectivity index (χ0n) is 8.02. The highest BCUT2D eigenvalue weighted by atomic mass is 16.5. The maximum atomic E-state index is 9.56. The second-order valence-electron chi connectivity index (χ2n) is 2.55. The van der Waals surface area contributed by atoms with Crippen molar-refractivity contribution < 1.29 is 14.6 Å². The maximum absolute atomic E-state index is 9.56. The smallest absolute Gasteiger partial charge is 0.200 e. The minimum Gasteiger partial charge on any atom is -0.502 e. The molecule has 3 N–H and O–H groups in total. The normalized spacial score (nSPS) is 10.4. The van der Waals surface area contributed by atoms with Crippen LogP contribution in [0, 0.1) is 0 Å². The molecular weight excluding hydrogens is 184 g/mol. The number of aromatic hydroxyl groups is 1. The number of phenolic OH excluding ortho intramolecular Hbond substituents is 1. The van der Waals surface area contributed by atoms with E-state index in [0.29, 0.717) is 17.1 Å². The number of hydrogen-bond donors (Lipinski definition) is 2. The summed E-state index contributed by atoms with van der Waals surface area (Å²) in [6, 6.07) is 3.21. The minimum atomic E-state index is -0.0378. The second-order valence-corrected chi connectivity index (χ2v) is 2.55. The van der Waals surface area contributed by atoms with E-state index in [9.17, 15) is 5.11 Å². The zero-order valence-corrected chi connectivity index (χ0v) is 8.02. The van der Waals surface area contributed by atoms with Crippen LogP contribution in [0.15, 0.2) is 17.2 Å². The van der Waals surface area contributed by atoms with Crippen LogP contribution in [-0.4, -0.2) is 25.5 Å². The summed E-state index contributed by atoms with van der Waals surface area (Å²) in [4.78, 5) is 0. The fraction of sp³-hybridized carbons (Fsp3) is 0.222. The van der Waals surface area contributed by atoms with Crippen molar-refractivity contribution in [2.75, 3.05) is 14.2 Å². The number of phenols is 1. The molecule has 0 radical (unpaired) electrons. The predicted octanol–water partition coefficient (Wildman–Crippen LogP) is 0.702. The molecule has 0 unspecified atom stereocenters. The Morgan fingerprint density at radius 3 is 2.14 bits per heavy atom. The summed E-state index contributed by atoms with van der Waals surface area (Å²) in [5.74, 6) is 5.61. The molecule has 14 heavy (non-hydrogen) atoms. The molecule has 0 aliphatic carbocycles. The summed E-state index contributed by atoms with van der Waals surface area (Å²) in [7, 11) is 2.91. The number of rotatable bonds is 3. The van der Waals surface area contributed by atoms with E-state index in [1.807, 2.05) is 0 Å². The van der Waals surface area contributed by atoms with Gasteiger partial charge < -0.3 is 20.4 Å². The summed E-state index contributed by atoms with van der Waals surface area (Å²) in [5.41, 5.74) is 0.694. The maximum Gasteiger partial charge on any atom is 0.200 e. The van der Waals surface area contributed by atoms with E-state index < -0.39 is 0 Å². The number of hydrogen-bond acceptors (Lipinski definition) is 5. The van der Waals surface area contributed by atoms with Crippen molar-refractivity contribution in [1.29, 1.82) is 0 Å². The van der Waals surface area contributed by atoms with E-state index in [4.69, 9.17) is 15.3 Å². The SMILES string of the molecule is COc1cc(/C=N/N)cc(OC)c1O. The third-order valence-corrected chi connectivity index (χ3v) is 1.73. The lowest BCUT2D eigenvalue weighted by Gasteiger charge is -2.08. The van der Waals surface area contributed by atoms with Crippen LogP contribution in [0.5, 0.6) is 17.2 Å². The highest BCUT2D eigenvalue weighted by molar-refractivity contribution is 5.82. The standard InChI is InChI=1S/C9H12N2O3/c1-13-7-3-6(5-11-10)4-8(14-2)9(7)12/h3-5,12H,10H2,1-2H3/b11-5+. The topological polar surface area (TPSA) is 77.1 Å². The minimum absolute atomic E-state index is 0.0378. The first kappa shape index (κ1) is 10.2. The lowest BCUT2D eigenvalue weighted by atomic mass is 10.2. The Hall–Kier alpha value is -1.91. The summed E-state index contributed by atoms with van der Waals surface area (Å²) in [6.07, 6.45) is 1.44. The van der Waals surface area contributed by atoms with Crippen molar-refractivity contribution in [2.45, 2.75) is 0 Å². The van der Waals surface area contributed by atoms with Gasteiger partial charge in [-0.05, 0) is 12.1 Å². The van der Waals surface area contributed by atoms with Crippen LogP contribution >= 0.6 is 0 Å². The largest absolute Gasteiger partial charge is 0.502 e. The number of ether oxygens (including phenoxy) is 2. The zero-order chi connectivity index (χ0) is 10.6. The molecule has 0 atom stereocenters. The Kier molecular flexibility index (Phi) is 3.17. The molecule has 0 saturated carbocycles. The summed E-state index contributed by atoms with van der Waals surface area (Å²) in [5, 5.41) is 12.9. The first-order chi connectivity index (χ1) is 6.72. The van der Waals surface area contributed by atoms with Crippen molar-refractivity contribution in [3.05, 3.63) is 17.7 Å². The highest BCUT2D eigenvalue weighted by Gasteiger charge is 2.09. The summed E-state index contributed by atoms with van der Waals surface area (Å²) >= 11 is 0. The molecule has 5 heteroatoms. The van der Waals surface area contributed by atoms with Gasteiger partial charge in [0.25, 0.3) is 0 Å². The van der Waals surface area contributed by atoms with Gasteiger partial charge in [0.15, 0.2) is 11.5 Å². The molecule has 0 aliphatic rings. The molecule has 0 spiro atoms. The van der Waals surface area contributed by atoms with Crippen LogP contribution in [0.4, 0.5) is 0 Å². The average Bonchev–Trinajstić information content (AvgIpc) is 2.20. The molecule has 0 aromatic heterocycles. The van der Waals surface area contributed by atoms with Gasteiger partial charge in [-0.3, -0.25) is 0 Å². The van der Waals surface area contributed by atoms with E-state index in [2.05, 4.69) is 5.10 Å². The Bertz CT molecular complexity index is 325. The number of benzene rings is 1. The van der Waals surface area contributed by atoms with Gasteiger partial charge in [0.2, 0.25) is 5.75 Å². The van der Waals surface area contributed by atoms with Crippen molar-refractivity contribution in [3.8, 4) is 17.2 Å². The Balaban J connectivity index is 3.24. The summed E-state index contributed by atoms with van der Waals surface area (Å²) < 4.78 is 9.88. The van der Waals surface area contributed by atoms with Crippen LogP contribution in [0.1, 0.15) is 5.56 Å². The van der Waals surface area contributed by atoms with E-state index in [1.54, 1.807) is 12.1 Å². The van der Waals surface area contributed by atoms with Crippen LogP contribution in [0.25, 0.3) is 0 Å². The van der Waals surface area contributed by atoms with Gasteiger partial charge in [-0.1, -0.05) is 0 Å². The molecule has 5 nitrogen and oxygen atoms in total. The predicted molar refractivity (Wildman–Crippen MR) is 53.0 cm³/mol. The van der Waals surface area contributed by atoms with Crippen LogP contribution < -0.4 is 15.3 Å². The monoisotopic (exact) mass is 196 g/mol. The fourth-order valence-electron chi connectivity index (χ4n) is 1.07. The fourth-order valence-corrected chi connectivity index (χ4v) is 1.07. The molecule has 1 aromatic carbocycles. The number of methoxy groups -OCH3 is 2. The Labute approximate surface area is 81.8 Å². The van der Waals surface area contributed by atoms with Gasteiger partial charge in [-0.25, -0.2) is 0 Å². The van der Waals surface area contributed by atoms with Gasteiger partial charge in [-0.15, -0.1) is 0 Å². The molecule has 1 aromatic rings. The molecule has 0 saturated heterocycles. The third kappa shape index (κ3) is 1.87. The molecule has 0 aliphatic heterocycles. The average molecular weight is 196 g/mol. The van der Waals surface area contributed by atoms with E-state index >= 15 is 0 Å². The quantitative estimate of drug-likeness (QED) is 0.424. The van der Waals surface area contributed by atoms with Crippen molar-refractivity contribution in [3.63, 3.8) is 0 Å². The van der Waals surface area contributed by atoms with Gasteiger partial charge in [0.1, 0.15) is 0 Å². The van der Waals surface area contributed by atoms with Crippen LogP contribution in [0.3, 0.4) is 0 Å². The lowest BCUT2D eigenvalue weighted by molar-refractivity contribution is 0.340. The van der Waals surface area contributed by atoms with Gasteiger partial charge in [0, 0.05) is 5.56 Å². The van der Waals surface area contributed by atoms with Crippen LogP contribution in [0.2, 0.25) is 0 Å². The lowest BCUT2D eigenvalue weighted by Crippen LogP contribution is -1.93. The van der Waals surface area contributed by atoms with E-state index in [-0.39, 0.29) is 5.75 Å². The van der Waals surface area contributed by atoms with Crippen molar-refractivity contribution >= 4 is 6.21 Å². The molecule has 0 bridgehead atoms. The Morgan fingerprint density at radius 1 is 1.29 bits per heavy atom. The molecule has 1 rings (SSSR count). The molecular formula is C9H12N2O3. The first-order valence-corrected chi connectivity index (χ1v) is 3.91.